The molecule has 6 rings (SSSR count). The van der Waals surface area contributed by atoms with Crippen molar-refractivity contribution in [3.63, 3.8) is 0 Å². The smallest absolute Gasteiger partial charge is 0.410 e. The topological polar surface area (TPSA) is 119 Å². The van der Waals surface area contributed by atoms with Crippen LogP contribution in [0.25, 0.3) is 11.0 Å². The van der Waals surface area contributed by atoms with Gasteiger partial charge in [-0.25, -0.2) is 9.59 Å². The van der Waals surface area contributed by atoms with Crippen LogP contribution in [0.5, 0.6) is 5.75 Å². The van der Waals surface area contributed by atoms with Gasteiger partial charge in [0.2, 0.25) is 5.91 Å². The van der Waals surface area contributed by atoms with Gasteiger partial charge in [-0.05, 0) is 81.3 Å². The molecule has 1 unspecified atom stereocenters. The predicted octanol–water partition coefficient (Wildman–Crippen LogP) is 4.02. The second-order valence-electron chi connectivity index (χ2n) is 15.5. The first kappa shape index (κ1) is 37.6. The van der Waals surface area contributed by atoms with E-state index in [9.17, 15) is 19.2 Å². The predicted molar refractivity (Wildman–Crippen MR) is 197 cm³/mol. The number of rotatable bonds is 10. The number of nitrogens with zero attached hydrogens (tertiary/aromatic N) is 6. The van der Waals surface area contributed by atoms with Crippen LogP contribution in [0.1, 0.15) is 63.6 Å². The summed E-state index contributed by atoms with van der Waals surface area (Å²) in [5, 5.41) is 0. The van der Waals surface area contributed by atoms with Gasteiger partial charge in [0.15, 0.2) is 0 Å². The number of hydrogen-bond donors (Lipinski definition) is 0. The lowest BCUT2D eigenvalue weighted by molar-refractivity contribution is -0.151. The van der Waals surface area contributed by atoms with E-state index in [1.54, 1.807) is 42.5 Å². The summed E-state index contributed by atoms with van der Waals surface area (Å²) in [5.41, 5.74) is 2.59. The highest BCUT2D eigenvalue weighted by molar-refractivity contribution is 6.00. The SMILES string of the molecule is COC[C@H]1CN(Cc2ccc3c(c2)n(C)c(=O)n3C2CCC(=O)N(Cc3ccc(OC)cc3)C2=O)CCN1CC1CCN(C(=O)OC(C)(C)C)CC1. The van der Waals surface area contributed by atoms with Gasteiger partial charge in [-0.3, -0.25) is 33.4 Å². The highest BCUT2D eigenvalue weighted by Crippen LogP contribution is 2.29. The van der Waals surface area contributed by atoms with Crippen LogP contribution in [-0.2, 0) is 39.2 Å². The molecule has 0 saturated carbocycles. The van der Waals surface area contributed by atoms with E-state index < -0.39 is 11.6 Å². The number of carbonyl (C=O) groups is 3. The molecule has 3 saturated heterocycles. The van der Waals surface area contributed by atoms with Crippen molar-refractivity contribution >= 4 is 28.9 Å². The first-order valence-corrected chi connectivity index (χ1v) is 18.5. The van der Waals surface area contributed by atoms with Crippen molar-refractivity contribution in [2.24, 2.45) is 13.0 Å². The molecule has 3 aromatic rings. The number of hydrogen-bond acceptors (Lipinski definition) is 9. The number of benzene rings is 2. The summed E-state index contributed by atoms with van der Waals surface area (Å²) in [4.78, 5) is 61.0. The molecule has 3 aliphatic heterocycles. The summed E-state index contributed by atoms with van der Waals surface area (Å²) in [6.45, 7) is 12.3. The Hall–Kier alpha value is -4.20. The number of aromatic nitrogens is 2. The van der Waals surface area contributed by atoms with Crippen molar-refractivity contribution < 1.29 is 28.6 Å². The van der Waals surface area contributed by atoms with Crippen LogP contribution in [0.3, 0.4) is 0 Å². The van der Waals surface area contributed by atoms with Crippen LogP contribution >= 0.6 is 0 Å². The number of amides is 3. The molecule has 2 aromatic carbocycles. The Morgan fingerprint density at radius 3 is 2.25 bits per heavy atom. The molecule has 1 aromatic heterocycles. The van der Waals surface area contributed by atoms with E-state index in [2.05, 4.69) is 15.9 Å². The zero-order valence-electron chi connectivity index (χ0n) is 31.5. The second-order valence-corrected chi connectivity index (χ2v) is 15.5. The Balaban J connectivity index is 1.10. The molecule has 13 heteroatoms. The molecule has 0 N–H and O–H groups in total. The zero-order valence-corrected chi connectivity index (χ0v) is 31.5. The molecular weight excluding hydrogens is 664 g/mol. The van der Waals surface area contributed by atoms with Crippen molar-refractivity contribution in [3.8, 4) is 5.75 Å². The number of ether oxygens (including phenoxy) is 3. The summed E-state index contributed by atoms with van der Waals surface area (Å²) in [5.74, 6) is 0.618. The van der Waals surface area contributed by atoms with Crippen LogP contribution in [0.2, 0.25) is 0 Å². The quantitative estimate of drug-likeness (QED) is 0.287. The highest BCUT2D eigenvalue weighted by Gasteiger charge is 2.38. The number of piperazine rings is 1. The molecule has 0 radical (unpaired) electrons. The fraction of sp³-hybridized carbons (Fsp3) is 0.590. The third kappa shape index (κ3) is 8.37. The lowest BCUT2D eigenvalue weighted by atomic mass is 9.95. The first-order chi connectivity index (χ1) is 24.8. The molecule has 4 heterocycles. The molecule has 52 heavy (non-hydrogen) atoms. The molecule has 3 fully saturated rings. The number of carbonyl (C=O) groups excluding carboxylic acids is 3. The van der Waals surface area contributed by atoms with Crippen LogP contribution in [0.15, 0.2) is 47.3 Å². The van der Waals surface area contributed by atoms with E-state index in [0.717, 1.165) is 75.3 Å². The molecule has 282 valence electrons. The Morgan fingerprint density at radius 1 is 0.865 bits per heavy atom. The van der Waals surface area contributed by atoms with Crippen LogP contribution in [-0.4, -0.2) is 118 Å². The minimum absolute atomic E-state index is 0.145. The fourth-order valence-corrected chi connectivity index (χ4v) is 7.86. The van der Waals surface area contributed by atoms with Gasteiger partial charge in [0.05, 0.1) is 31.3 Å². The van der Waals surface area contributed by atoms with Gasteiger partial charge >= 0.3 is 11.8 Å². The third-order valence-corrected chi connectivity index (χ3v) is 10.7. The van der Waals surface area contributed by atoms with Crippen molar-refractivity contribution in [2.75, 3.05) is 60.1 Å². The van der Waals surface area contributed by atoms with Crippen molar-refractivity contribution in [2.45, 2.75) is 77.2 Å². The van der Waals surface area contributed by atoms with Gasteiger partial charge in [-0.1, -0.05) is 18.2 Å². The number of aryl methyl sites for hydroxylation is 1. The van der Waals surface area contributed by atoms with Crippen LogP contribution < -0.4 is 10.4 Å². The first-order valence-electron chi connectivity index (χ1n) is 18.5. The van der Waals surface area contributed by atoms with E-state index in [1.807, 2.05) is 49.9 Å². The largest absolute Gasteiger partial charge is 0.497 e. The average molecular weight is 719 g/mol. The zero-order chi connectivity index (χ0) is 37.2. The van der Waals surface area contributed by atoms with Crippen molar-refractivity contribution in [1.29, 1.82) is 0 Å². The van der Waals surface area contributed by atoms with Crippen LogP contribution in [0, 0.1) is 5.92 Å². The van der Waals surface area contributed by atoms with E-state index in [4.69, 9.17) is 14.2 Å². The van der Waals surface area contributed by atoms with Gasteiger partial charge in [0.1, 0.15) is 17.4 Å². The number of imide groups is 1. The number of imidazole rings is 1. The fourth-order valence-electron chi connectivity index (χ4n) is 7.86. The number of piperidine rings is 2. The molecule has 0 spiro atoms. The van der Waals surface area contributed by atoms with Gasteiger partial charge < -0.3 is 19.1 Å². The van der Waals surface area contributed by atoms with Gasteiger partial charge in [-0.15, -0.1) is 0 Å². The summed E-state index contributed by atoms with van der Waals surface area (Å²) in [6, 6.07) is 12.8. The molecule has 2 atom stereocenters. The normalized spacial score (nSPS) is 21.3. The lowest BCUT2D eigenvalue weighted by Gasteiger charge is -2.43. The van der Waals surface area contributed by atoms with Crippen molar-refractivity contribution in [1.82, 2.24) is 28.7 Å². The highest BCUT2D eigenvalue weighted by atomic mass is 16.6. The van der Waals surface area contributed by atoms with Gasteiger partial charge in [0.25, 0.3) is 5.91 Å². The van der Waals surface area contributed by atoms with E-state index in [-0.39, 0.29) is 49.0 Å². The molecule has 0 aliphatic carbocycles. The van der Waals surface area contributed by atoms with Crippen LogP contribution in [0.4, 0.5) is 4.79 Å². The Kier molecular flexibility index (Phi) is 11.4. The second kappa shape index (κ2) is 15.8. The average Bonchev–Trinajstić information content (AvgIpc) is 3.36. The summed E-state index contributed by atoms with van der Waals surface area (Å²) in [7, 11) is 5.08. The number of fused-ring (bicyclic) bond motifs is 1. The summed E-state index contributed by atoms with van der Waals surface area (Å²) < 4.78 is 19.7. The summed E-state index contributed by atoms with van der Waals surface area (Å²) in [6.07, 6.45) is 2.17. The number of likely N-dealkylation sites (tertiary alicyclic amines) is 2. The molecule has 3 aliphatic rings. The van der Waals surface area contributed by atoms with E-state index >= 15 is 0 Å². The molecule has 0 bridgehead atoms. The monoisotopic (exact) mass is 718 g/mol. The third-order valence-electron chi connectivity index (χ3n) is 10.7. The van der Waals surface area contributed by atoms with Gasteiger partial charge in [0, 0.05) is 72.4 Å². The lowest BCUT2D eigenvalue weighted by Crippen LogP contribution is -2.56. The number of methoxy groups -OCH3 is 2. The maximum Gasteiger partial charge on any atom is 0.410 e. The van der Waals surface area contributed by atoms with Gasteiger partial charge in [-0.2, -0.15) is 0 Å². The maximum absolute atomic E-state index is 13.8. The molecular formula is C39H54N6O7. The maximum atomic E-state index is 13.8. The molecule has 3 amide bonds. The van der Waals surface area contributed by atoms with E-state index in [1.165, 1.54) is 4.90 Å². The molecule has 13 nitrogen and oxygen atoms in total. The Bertz CT molecular complexity index is 1800. The minimum Gasteiger partial charge on any atom is -0.497 e. The van der Waals surface area contributed by atoms with Crippen molar-refractivity contribution in [3.05, 3.63) is 64.1 Å². The van der Waals surface area contributed by atoms with E-state index in [0.29, 0.717) is 23.8 Å². The standard InChI is InChI=1S/C39H54N6O7/c1-39(2,3)52-38(49)42-17-15-28(16-18-42)23-43-20-19-41(25-30(43)26-50-5)22-29-9-12-32-34(21-29)40(4)37(48)45(32)33-13-14-35(46)44(36(33)47)24-27-7-10-31(51-6)11-8-27/h7-12,21,28,30,33H,13-20,22-26H2,1-6H3/t30-,33?/m1/s1. The minimum atomic E-state index is -0.759. The Morgan fingerprint density at radius 2 is 1.58 bits per heavy atom. The summed E-state index contributed by atoms with van der Waals surface area (Å²) >= 11 is 0. The Labute approximate surface area is 306 Å².